The second-order valence-corrected chi connectivity index (χ2v) is 7.34. The largest absolute Gasteiger partial charge is 0.378 e. The van der Waals surface area contributed by atoms with Crippen LogP contribution in [0.4, 0.5) is 0 Å². The fourth-order valence-corrected chi connectivity index (χ4v) is 3.48. The van der Waals surface area contributed by atoms with E-state index in [1.165, 1.54) is 12.1 Å². The van der Waals surface area contributed by atoms with Gasteiger partial charge in [-0.3, -0.25) is 4.79 Å². The normalized spacial score (nSPS) is 17.8. The number of carbonyl (C=O) groups is 1. The van der Waals surface area contributed by atoms with E-state index in [1.54, 1.807) is 12.1 Å². The van der Waals surface area contributed by atoms with Gasteiger partial charge in [0.2, 0.25) is 15.9 Å². The third kappa shape index (κ3) is 6.92. The maximum absolute atomic E-state index is 12.0. The molecule has 0 aromatic heterocycles. The van der Waals surface area contributed by atoms with Crippen LogP contribution in [0.5, 0.6) is 0 Å². The van der Waals surface area contributed by atoms with Crippen molar-refractivity contribution in [3.63, 3.8) is 0 Å². The Bertz CT molecular complexity index is 637. The van der Waals surface area contributed by atoms with Gasteiger partial charge < -0.3 is 15.4 Å². The summed E-state index contributed by atoms with van der Waals surface area (Å²) in [5.41, 5.74) is 0. The highest BCUT2D eigenvalue weighted by Gasteiger charge is 2.17. The lowest BCUT2D eigenvalue weighted by molar-refractivity contribution is -0.122. The van der Waals surface area contributed by atoms with Crippen molar-refractivity contribution in [2.45, 2.75) is 17.4 Å². The quantitative estimate of drug-likeness (QED) is 0.583. The fraction of sp³-hybridized carbons (Fsp3) is 0.500. The molecule has 0 saturated carbocycles. The van der Waals surface area contributed by atoms with E-state index < -0.39 is 10.0 Å². The summed E-state index contributed by atoms with van der Waals surface area (Å²) in [7, 11) is -3.63. The lowest BCUT2D eigenvalue weighted by Gasteiger charge is -2.23. The first-order valence-corrected chi connectivity index (χ1v) is 9.16. The van der Waals surface area contributed by atoms with Gasteiger partial charge in [0.15, 0.2) is 0 Å². The van der Waals surface area contributed by atoms with E-state index in [9.17, 15) is 13.2 Å². The number of benzene rings is 1. The summed E-state index contributed by atoms with van der Waals surface area (Å²) in [5, 5.41) is 6.21. The van der Waals surface area contributed by atoms with Gasteiger partial charge in [0, 0.05) is 37.1 Å². The molecule has 0 bridgehead atoms. The Labute approximate surface area is 152 Å². The molecule has 1 unspecified atom stereocenters. The molecule has 136 valence electrons. The summed E-state index contributed by atoms with van der Waals surface area (Å²) in [6, 6.07) is 6.01. The number of halogens is 2. The number of rotatable bonds is 7. The van der Waals surface area contributed by atoms with Crippen molar-refractivity contribution in [3.05, 3.63) is 29.3 Å². The first kappa shape index (κ1) is 21.1. The van der Waals surface area contributed by atoms with E-state index in [1.807, 2.05) is 0 Å². The Morgan fingerprint density at radius 2 is 2.17 bits per heavy atom. The summed E-state index contributed by atoms with van der Waals surface area (Å²) >= 11 is 5.78. The van der Waals surface area contributed by atoms with Crippen LogP contribution in [0.2, 0.25) is 5.02 Å². The van der Waals surface area contributed by atoms with E-state index in [0.29, 0.717) is 24.7 Å². The van der Waals surface area contributed by atoms with E-state index in [2.05, 4.69) is 15.4 Å². The molecule has 1 aromatic carbocycles. The van der Waals surface area contributed by atoms with Crippen LogP contribution in [-0.2, 0) is 19.6 Å². The van der Waals surface area contributed by atoms with Gasteiger partial charge in [-0.15, -0.1) is 12.4 Å². The number of sulfonamides is 1. The fourth-order valence-electron chi connectivity index (χ4n) is 2.15. The monoisotopic (exact) mass is 397 g/mol. The first-order valence-electron chi connectivity index (χ1n) is 7.30. The van der Waals surface area contributed by atoms with Gasteiger partial charge in [0.25, 0.3) is 0 Å². The van der Waals surface area contributed by atoms with Gasteiger partial charge >= 0.3 is 0 Å². The Hall–Kier alpha value is -0.900. The third-order valence-electron chi connectivity index (χ3n) is 3.28. The molecule has 0 spiro atoms. The molecule has 10 heteroatoms. The van der Waals surface area contributed by atoms with Crippen LogP contribution in [0.1, 0.15) is 6.42 Å². The van der Waals surface area contributed by atoms with Gasteiger partial charge in [-0.2, -0.15) is 0 Å². The van der Waals surface area contributed by atoms with Crippen molar-refractivity contribution in [1.29, 1.82) is 0 Å². The number of hydrogen-bond acceptors (Lipinski definition) is 5. The highest BCUT2D eigenvalue weighted by molar-refractivity contribution is 7.89. The maximum atomic E-state index is 12.0. The van der Waals surface area contributed by atoms with Crippen LogP contribution in [0.25, 0.3) is 0 Å². The molecule has 1 saturated heterocycles. The van der Waals surface area contributed by atoms with Gasteiger partial charge in [-0.25, -0.2) is 13.1 Å². The van der Waals surface area contributed by atoms with Crippen LogP contribution >= 0.6 is 24.0 Å². The number of hydrogen-bond donors (Lipinski definition) is 3. The van der Waals surface area contributed by atoms with Crippen molar-refractivity contribution in [3.8, 4) is 0 Å². The molecule has 1 heterocycles. The summed E-state index contributed by atoms with van der Waals surface area (Å²) in [5.74, 6) is -0.144. The molecule has 3 N–H and O–H groups in total. The number of ether oxygens (including phenoxy) is 1. The van der Waals surface area contributed by atoms with Gasteiger partial charge in [0.1, 0.15) is 0 Å². The minimum absolute atomic E-state index is 0. The molecule has 1 aliphatic heterocycles. The maximum Gasteiger partial charge on any atom is 0.240 e. The molecule has 1 atom stereocenters. The molecule has 1 fully saturated rings. The molecule has 0 radical (unpaired) electrons. The van der Waals surface area contributed by atoms with E-state index in [-0.39, 0.29) is 42.3 Å². The lowest BCUT2D eigenvalue weighted by Crippen LogP contribution is -2.45. The number of nitrogens with one attached hydrogen (secondary N) is 3. The molecule has 0 aliphatic carbocycles. The first-order chi connectivity index (χ1) is 11.0. The second-order valence-electron chi connectivity index (χ2n) is 5.14. The van der Waals surface area contributed by atoms with Crippen LogP contribution in [-0.4, -0.2) is 53.2 Å². The molecule has 24 heavy (non-hydrogen) atoms. The standard InChI is InChI=1S/C14H20ClN3O4S.ClH/c15-11-2-1-3-13(8-11)23(20,21)18-5-4-17-14(19)9-12-10-22-7-6-16-12;/h1-3,8,12,16,18H,4-7,9-10H2,(H,17,19);1H. The van der Waals surface area contributed by atoms with Crippen LogP contribution in [0.3, 0.4) is 0 Å². The van der Waals surface area contributed by atoms with E-state index >= 15 is 0 Å². The highest BCUT2D eigenvalue weighted by atomic mass is 35.5. The average Bonchev–Trinajstić information content (AvgIpc) is 2.53. The van der Waals surface area contributed by atoms with Crippen LogP contribution in [0.15, 0.2) is 29.2 Å². The average molecular weight is 398 g/mol. The lowest BCUT2D eigenvalue weighted by atomic mass is 10.2. The number of carbonyl (C=O) groups excluding carboxylic acids is 1. The molecular weight excluding hydrogens is 377 g/mol. The number of amides is 1. The predicted molar refractivity (Wildman–Crippen MR) is 94.1 cm³/mol. The highest BCUT2D eigenvalue weighted by Crippen LogP contribution is 2.14. The number of morpholine rings is 1. The molecule has 1 amide bonds. The molecule has 2 rings (SSSR count). The van der Waals surface area contributed by atoms with Crippen molar-refractivity contribution in [1.82, 2.24) is 15.4 Å². The van der Waals surface area contributed by atoms with Crippen molar-refractivity contribution < 1.29 is 17.9 Å². The zero-order valence-corrected chi connectivity index (χ0v) is 15.3. The zero-order chi connectivity index (χ0) is 16.7. The molecule has 1 aromatic rings. The summed E-state index contributed by atoms with van der Waals surface area (Å²) < 4.78 is 31.8. The Kier molecular flexibility index (Phi) is 8.96. The minimum Gasteiger partial charge on any atom is -0.378 e. The van der Waals surface area contributed by atoms with Gasteiger partial charge in [0.05, 0.1) is 18.1 Å². The minimum atomic E-state index is -3.63. The van der Waals surface area contributed by atoms with E-state index in [4.69, 9.17) is 16.3 Å². The molecule has 7 nitrogen and oxygen atoms in total. The molecule has 1 aliphatic rings. The Balaban J connectivity index is 0.00000288. The van der Waals surface area contributed by atoms with E-state index in [0.717, 1.165) is 6.54 Å². The van der Waals surface area contributed by atoms with Crippen molar-refractivity contribution in [2.24, 2.45) is 0 Å². The van der Waals surface area contributed by atoms with Gasteiger partial charge in [-0.05, 0) is 18.2 Å². The predicted octanol–water partition coefficient (Wildman–Crippen LogP) is 0.535. The molecular formula is C14H21Cl2N3O4S. The SMILES string of the molecule is Cl.O=C(CC1COCCN1)NCCNS(=O)(=O)c1cccc(Cl)c1. The smallest absolute Gasteiger partial charge is 0.240 e. The summed E-state index contributed by atoms with van der Waals surface area (Å²) in [4.78, 5) is 11.8. The Morgan fingerprint density at radius 1 is 1.38 bits per heavy atom. The van der Waals surface area contributed by atoms with Gasteiger partial charge in [-0.1, -0.05) is 17.7 Å². The van der Waals surface area contributed by atoms with Crippen LogP contribution in [0, 0.1) is 0 Å². The zero-order valence-electron chi connectivity index (χ0n) is 13.0. The van der Waals surface area contributed by atoms with Crippen LogP contribution < -0.4 is 15.4 Å². The summed E-state index contributed by atoms with van der Waals surface area (Å²) in [6.45, 7) is 2.22. The second kappa shape index (κ2) is 10.2. The summed E-state index contributed by atoms with van der Waals surface area (Å²) in [6.07, 6.45) is 0.307. The Morgan fingerprint density at radius 3 is 2.83 bits per heavy atom. The van der Waals surface area contributed by atoms with Crippen molar-refractivity contribution in [2.75, 3.05) is 32.8 Å². The third-order valence-corrected chi connectivity index (χ3v) is 4.97. The van der Waals surface area contributed by atoms with Crippen molar-refractivity contribution >= 4 is 39.9 Å². The topological polar surface area (TPSA) is 96.5 Å².